The van der Waals surface area contributed by atoms with E-state index in [1.807, 2.05) is 0 Å². The first kappa shape index (κ1) is 18.4. The molecule has 2 nitrogen and oxygen atoms in total. The van der Waals surface area contributed by atoms with Gasteiger partial charge in [-0.3, -0.25) is 4.21 Å². The molecule has 1 aromatic rings. The monoisotopic (exact) mass is 309 g/mol. The van der Waals surface area contributed by atoms with Crippen LogP contribution >= 0.6 is 0 Å². The Kier molecular flexibility index (Phi) is 8.86. The second-order valence-electron chi connectivity index (χ2n) is 6.11. The third kappa shape index (κ3) is 7.23. The summed E-state index contributed by atoms with van der Waals surface area (Å²) in [5.74, 6) is 2.23. The van der Waals surface area contributed by atoms with Crippen molar-refractivity contribution in [2.75, 3.05) is 18.1 Å². The molecule has 0 aliphatic carbocycles. The second-order valence-corrected chi connectivity index (χ2v) is 7.74. The molecule has 0 amide bonds. The molecule has 0 radical (unpaired) electrons. The highest BCUT2D eigenvalue weighted by molar-refractivity contribution is 7.85. The van der Waals surface area contributed by atoms with Gasteiger partial charge in [0.1, 0.15) is 0 Å². The van der Waals surface area contributed by atoms with Crippen LogP contribution in [0.2, 0.25) is 0 Å². The summed E-state index contributed by atoms with van der Waals surface area (Å²) in [6, 6.07) is 9.04. The van der Waals surface area contributed by atoms with Gasteiger partial charge in [-0.2, -0.15) is 0 Å². The van der Waals surface area contributed by atoms with Gasteiger partial charge >= 0.3 is 0 Å². The number of benzene rings is 1. The van der Waals surface area contributed by atoms with Crippen molar-refractivity contribution in [3.05, 3.63) is 35.4 Å². The summed E-state index contributed by atoms with van der Waals surface area (Å²) >= 11 is 0. The van der Waals surface area contributed by atoms with E-state index in [0.717, 1.165) is 37.3 Å². The van der Waals surface area contributed by atoms with Gasteiger partial charge in [-0.05, 0) is 36.4 Å². The first-order chi connectivity index (χ1) is 10.1. The molecule has 2 atom stereocenters. The average Bonchev–Trinajstić information content (AvgIpc) is 2.45. The minimum atomic E-state index is -0.729. The summed E-state index contributed by atoms with van der Waals surface area (Å²) in [5.41, 5.74) is 2.64. The van der Waals surface area contributed by atoms with E-state index in [0.29, 0.717) is 5.92 Å². The summed E-state index contributed by atoms with van der Waals surface area (Å²) in [4.78, 5) is 0. The first-order valence-corrected chi connectivity index (χ1v) is 9.72. The van der Waals surface area contributed by atoms with Gasteiger partial charge in [-0.1, -0.05) is 58.4 Å². The fourth-order valence-corrected chi connectivity index (χ4v) is 3.91. The van der Waals surface area contributed by atoms with Crippen LogP contribution in [-0.4, -0.2) is 22.3 Å². The fourth-order valence-electron chi connectivity index (χ4n) is 2.45. The van der Waals surface area contributed by atoms with E-state index < -0.39 is 10.8 Å². The summed E-state index contributed by atoms with van der Waals surface area (Å²) in [6.45, 7) is 9.64. The predicted molar refractivity (Wildman–Crippen MR) is 94.2 cm³/mol. The molecule has 2 unspecified atom stereocenters. The van der Waals surface area contributed by atoms with Crippen LogP contribution < -0.4 is 5.32 Å². The fraction of sp³-hybridized carbons (Fsp3) is 0.667. The Balaban J connectivity index is 2.68. The van der Waals surface area contributed by atoms with Crippen molar-refractivity contribution in [2.24, 2.45) is 5.92 Å². The molecule has 0 spiro atoms. The lowest BCUT2D eigenvalue weighted by atomic mass is 10.00. The summed E-state index contributed by atoms with van der Waals surface area (Å²) in [7, 11) is -0.729. The number of hydrogen-bond acceptors (Lipinski definition) is 2. The molecule has 21 heavy (non-hydrogen) atoms. The van der Waals surface area contributed by atoms with Crippen LogP contribution in [0.15, 0.2) is 24.3 Å². The van der Waals surface area contributed by atoms with Gasteiger partial charge in [0.2, 0.25) is 0 Å². The molecule has 120 valence electrons. The molecule has 1 N–H and O–H groups in total. The smallest absolute Gasteiger partial charge is 0.0436 e. The Hall–Kier alpha value is -0.670. The highest BCUT2D eigenvalue weighted by atomic mass is 32.2. The number of rotatable bonds is 10. The van der Waals surface area contributed by atoms with Gasteiger partial charge in [0.05, 0.1) is 0 Å². The van der Waals surface area contributed by atoms with Crippen molar-refractivity contribution < 1.29 is 4.21 Å². The summed E-state index contributed by atoms with van der Waals surface area (Å²) < 4.78 is 12.1. The van der Waals surface area contributed by atoms with E-state index in [-0.39, 0.29) is 6.04 Å². The van der Waals surface area contributed by atoms with E-state index in [1.54, 1.807) is 0 Å². The maximum absolute atomic E-state index is 12.1. The van der Waals surface area contributed by atoms with E-state index >= 15 is 0 Å². The Morgan fingerprint density at radius 3 is 2.33 bits per heavy atom. The predicted octanol–water partition coefficient (Wildman–Crippen LogP) is 4.08. The number of unbranched alkanes of at least 4 members (excludes halogenated alkanes) is 1. The van der Waals surface area contributed by atoms with Crippen molar-refractivity contribution in [3.8, 4) is 0 Å². The third-order valence-electron chi connectivity index (χ3n) is 3.55. The molecule has 0 aromatic heterocycles. The summed E-state index contributed by atoms with van der Waals surface area (Å²) in [6.07, 6.45) is 3.29. The van der Waals surface area contributed by atoms with Crippen LogP contribution in [0.5, 0.6) is 0 Å². The lowest BCUT2D eigenvalue weighted by molar-refractivity contribution is 0.592. The quantitative estimate of drug-likeness (QED) is 0.705. The third-order valence-corrected chi connectivity index (χ3v) is 5.00. The molecule has 0 aliphatic rings. The Bertz CT molecular complexity index is 414. The summed E-state index contributed by atoms with van der Waals surface area (Å²) in [5, 5.41) is 3.47. The van der Waals surface area contributed by atoms with Crippen molar-refractivity contribution >= 4 is 10.8 Å². The van der Waals surface area contributed by atoms with E-state index in [9.17, 15) is 4.21 Å². The zero-order valence-electron chi connectivity index (χ0n) is 14.0. The average molecular weight is 310 g/mol. The molecule has 1 rings (SSSR count). The minimum absolute atomic E-state index is 0.209. The minimum Gasteiger partial charge on any atom is -0.309 e. The van der Waals surface area contributed by atoms with Crippen LogP contribution in [0.1, 0.15) is 57.7 Å². The van der Waals surface area contributed by atoms with Crippen molar-refractivity contribution in [3.63, 3.8) is 0 Å². The van der Waals surface area contributed by atoms with Gasteiger partial charge < -0.3 is 5.32 Å². The maximum Gasteiger partial charge on any atom is 0.0436 e. The van der Waals surface area contributed by atoms with Crippen LogP contribution in [-0.2, 0) is 17.2 Å². The molecular formula is C18H31NOS. The van der Waals surface area contributed by atoms with E-state index in [4.69, 9.17) is 0 Å². The lowest BCUT2D eigenvalue weighted by Gasteiger charge is -2.18. The number of nitrogens with one attached hydrogen (secondary N) is 1. The first-order valence-electron chi connectivity index (χ1n) is 8.24. The highest BCUT2D eigenvalue weighted by Gasteiger charge is 2.14. The zero-order chi connectivity index (χ0) is 15.7. The molecule has 0 bridgehead atoms. The normalized spacial score (nSPS) is 14.3. The van der Waals surface area contributed by atoms with Gasteiger partial charge in [-0.15, -0.1) is 0 Å². The van der Waals surface area contributed by atoms with Crippen LogP contribution in [0.3, 0.4) is 0 Å². The van der Waals surface area contributed by atoms with Gasteiger partial charge in [0.15, 0.2) is 0 Å². The molecule has 3 heteroatoms. The largest absolute Gasteiger partial charge is 0.309 e. The van der Waals surface area contributed by atoms with Gasteiger partial charge in [0.25, 0.3) is 0 Å². The molecule has 0 saturated heterocycles. The van der Waals surface area contributed by atoms with E-state index in [2.05, 4.69) is 57.3 Å². The topological polar surface area (TPSA) is 29.1 Å². The Morgan fingerprint density at radius 2 is 1.81 bits per heavy atom. The molecule has 0 aliphatic heterocycles. The molecule has 0 saturated carbocycles. The second kappa shape index (κ2) is 10.1. The van der Waals surface area contributed by atoms with Gasteiger partial charge in [-0.25, -0.2) is 0 Å². The lowest BCUT2D eigenvalue weighted by Crippen LogP contribution is -2.26. The van der Waals surface area contributed by atoms with Crippen molar-refractivity contribution in [1.82, 2.24) is 5.32 Å². The van der Waals surface area contributed by atoms with Crippen LogP contribution in [0.4, 0.5) is 0 Å². The van der Waals surface area contributed by atoms with Crippen molar-refractivity contribution in [2.45, 2.75) is 53.0 Å². The standard InChI is InChI=1S/C18H31NOS/c1-5-7-12-21(20)14-18(19-6-2)17-10-8-16(9-11-17)13-15(3)4/h8-11,15,18-19H,5-7,12-14H2,1-4H3. The Labute approximate surface area is 133 Å². The highest BCUT2D eigenvalue weighted by Crippen LogP contribution is 2.17. The maximum atomic E-state index is 12.1. The molecule has 0 heterocycles. The van der Waals surface area contributed by atoms with Crippen LogP contribution in [0.25, 0.3) is 0 Å². The molecule has 0 fully saturated rings. The van der Waals surface area contributed by atoms with E-state index in [1.165, 1.54) is 11.1 Å². The van der Waals surface area contributed by atoms with Gasteiger partial charge in [0, 0.05) is 28.3 Å². The zero-order valence-corrected chi connectivity index (χ0v) is 14.8. The Morgan fingerprint density at radius 1 is 1.14 bits per heavy atom. The van der Waals surface area contributed by atoms with Crippen molar-refractivity contribution in [1.29, 1.82) is 0 Å². The van der Waals surface area contributed by atoms with Crippen LogP contribution in [0, 0.1) is 5.92 Å². The SMILES string of the molecule is CCCCS(=O)CC(NCC)c1ccc(CC(C)C)cc1. The number of hydrogen-bond donors (Lipinski definition) is 1. The molecular weight excluding hydrogens is 278 g/mol. The molecule has 1 aromatic carbocycles.